The van der Waals surface area contributed by atoms with Crippen molar-refractivity contribution in [3.05, 3.63) is 23.3 Å². The number of hydrogen-bond donors (Lipinski definition) is 2. The second kappa shape index (κ2) is 3.70. The predicted molar refractivity (Wildman–Crippen MR) is 51.5 cm³/mol. The summed E-state index contributed by atoms with van der Waals surface area (Å²) in [6, 6.07) is -0.691. The molecule has 1 aliphatic carbocycles. The molecule has 0 bridgehead atoms. The van der Waals surface area contributed by atoms with Crippen molar-refractivity contribution in [3.8, 4) is 0 Å². The van der Waals surface area contributed by atoms with Crippen LogP contribution in [0.25, 0.3) is 0 Å². The summed E-state index contributed by atoms with van der Waals surface area (Å²) < 4.78 is 0. The molecule has 1 rings (SSSR count). The number of allylic oxidation sites excluding steroid dienone is 2. The molecule has 0 radical (unpaired) electrons. The number of halogens is 2. The molecular formula is C8H9Cl2NO2. The topological polar surface area (TPSA) is 49.3 Å². The Balaban J connectivity index is 2.81. The van der Waals surface area contributed by atoms with Crippen LogP contribution < -0.4 is 5.32 Å². The lowest BCUT2D eigenvalue weighted by Crippen LogP contribution is -2.47. The summed E-state index contributed by atoms with van der Waals surface area (Å²) in [6.07, 6.45) is 4.29. The monoisotopic (exact) mass is 221 g/mol. The van der Waals surface area contributed by atoms with Gasteiger partial charge in [0, 0.05) is 12.0 Å². The van der Waals surface area contributed by atoms with E-state index in [2.05, 4.69) is 5.32 Å². The van der Waals surface area contributed by atoms with Gasteiger partial charge in [0.05, 0.1) is 6.04 Å². The van der Waals surface area contributed by atoms with E-state index in [1.807, 2.05) is 0 Å². The zero-order valence-electron chi connectivity index (χ0n) is 6.92. The van der Waals surface area contributed by atoms with Crippen molar-refractivity contribution in [2.75, 3.05) is 0 Å². The maximum Gasteiger partial charge on any atom is 0.217 e. The summed E-state index contributed by atoms with van der Waals surface area (Å²) in [4.78, 5) is 10.7. The van der Waals surface area contributed by atoms with Gasteiger partial charge in [-0.2, -0.15) is 0 Å². The Morgan fingerprint density at radius 3 is 2.92 bits per heavy atom. The van der Waals surface area contributed by atoms with Gasteiger partial charge in [-0.25, -0.2) is 0 Å². The van der Waals surface area contributed by atoms with Gasteiger partial charge in [0.15, 0.2) is 5.06 Å². The van der Waals surface area contributed by atoms with Crippen LogP contribution in [0.2, 0.25) is 0 Å². The highest BCUT2D eigenvalue weighted by atomic mass is 35.5. The van der Waals surface area contributed by atoms with Gasteiger partial charge in [-0.15, -0.1) is 0 Å². The van der Waals surface area contributed by atoms with E-state index in [-0.39, 0.29) is 5.91 Å². The first kappa shape index (κ1) is 10.6. The summed E-state index contributed by atoms with van der Waals surface area (Å²) >= 11 is 11.4. The molecule has 3 nitrogen and oxygen atoms in total. The van der Waals surface area contributed by atoms with Gasteiger partial charge in [-0.1, -0.05) is 23.2 Å². The molecule has 1 amide bonds. The molecule has 5 heteroatoms. The number of alkyl halides is 1. The Labute approximate surface area is 86.0 Å². The third kappa shape index (κ3) is 2.72. The van der Waals surface area contributed by atoms with Crippen LogP contribution in [0.1, 0.15) is 6.92 Å². The number of rotatable bonds is 1. The fourth-order valence-corrected chi connectivity index (χ4v) is 1.36. The van der Waals surface area contributed by atoms with E-state index in [1.165, 1.54) is 25.2 Å². The lowest BCUT2D eigenvalue weighted by molar-refractivity contribution is -0.120. The second-order valence-electron chi connectivity index (χ2n) is 2.79. The molecule has 0 aromatic carbocycles. The van der Waals surface area contributed by atoms with Crippen molar-refractivity contribution < 1.29 is 9.90 Å². The number of nitrogens with one attached hydrogen (secondary N) is 1. The molecule has 2 unspecified atom stereocenters. The predicted octanol–water partition coefficient (Wildman–Crippen LogP) is 1.11. The van der Waals surface area contributed by atoms with Crippen LogP contribution >= 0.6 is 23.2 Å². The fourth-order valence-electron chi connectivity index (χ4n) is 0.994. The first-order valence-corrected chi connectivity index (χ1v) is 4.42. The fraction of sp³-hybridized carbons (Fsp3) is 0.375. The van der Waals surface area contributed by atoms with E-state index in [1.54, 1.807) is 0 Å². The lowest BCUT2D eigenvalue weighted by atomic mass is 10.1. The van der Waals surface area contributed by atoms with Crippen LogP contribution in [0, 0.1) is 0 Å². The highest BCUT2D eigenvalue weighted by Crippen LogP contribution is 2.26. The molecule has 0 spiro atoms. The average molecular weight is 222 g/mol. The van der Waals surface area contributed by atoms with E-state index in [0.717, 1.165) is 0 Å². The van der Waals surface area contributed by atoms with Crippen LogP contribution in [0.5, 0.6) is 0 Å². The third-order valence-corrected chi connectivity index (χ3v) is 2.21. The van der Waals surface area contributed by atoms with Crippen LogP contribution in [0.15, 0.2) is 23.3 Å². The molecule has 2 N–H and O–H groups in total. The molecule has 0 saturated heterocycles. The molecule has 1 aliphatic rings. The van der Waals surface area contributed by atoms with E-state index < -0.39 is 11.1 Å². The lowest BCUT2D eigenvalue weighted by Gasteiger charge is -2.28. The first-order valence-electron chi connectivity index (χ1n) is 3.67. The highest BCUT2D eigenvalue weighted by Gasteiger charge is 2.33. The third-order valence-electron chi connectivity index (χ3n) is 1.60. The molecule has 13 heavy (non-hydrogen) atoms. The summed E-state index contributed by atoms with van der Waals surface area (Å²) in [7, 11) is 0. The molecule has 0 aromatic heterocycles. The minimum absolute atomic E-state index is 0.278. The smallest absolute Gasteiger partial charge is 0.217 e. The van der Waals surface area contributed by atoms with Crippen LogP contribution in [-0.2, 0) is 4.79 Å². The van der Waals surface area contributed by atoms with E-state index in [4.69, 9.17) is 23.2 Å². The Bertz CT molecular complexity index is 284. The molecule has 72 valence electrons. The van der Waals surface area contributed by atoms with Crippen molar-refractivity contribution in [1.29, 1.82) is 0 Å². The molecule has 0 fully saturated rings. The normalized spacial score (nSPS) is 32.6. The Morgan fingerprint density at radius 2 is 2.38 bits per heavy atom. The summed E-state index contributed by atoms with van der Waals surface area (Å²) in [6.45, 7) is 1.34. The quantitative estimate of drug-likeness (QED) is 0.653. The van der Waals surface area contributed by atoms with Gasteiger partial charge in [-0.05, 0) is 18.2 Å². The number of carbonyl (C=O) groups is 1. The number of carbonyl (C=O) groups excluding carboxylic acids is 1. The number of amides is 1. The molecule has 0 saturated carbocycles. The minimum atomic E-state index is -1.59. The maximum absolute atomic E-state index is 10.7. The van der Waals surface area contributed by atoms with E-state index in [0.29, 0.717) is 5.03 Å². The SMILES string of the molecule is CC(=O)NC1C=C(Cl)C=CC1(O)Cl. The van der Waals surface area contributed by atoms with Crippen LogP contribution in [0.3, 0.4) is 0 Å². The summed E-state index contributed by atoms with van der Waals surface area (Å²) in [5.74, 6) is -0.278. The maximum atomic E-state index is 10.7. The zero-order valence-corrected chi connectivity index (χ0v) is 8.43. The highest BCUT2D eigenvalue weighted by molar-refractivity contribution is 6.32. The molecule has 0 aromatic rings. The van der Waals surface area contributed by atoms with Crippen LogP contribution in [0.4, 0.5) is 0 Å². The van der Waals surface area contributed by atoms with Crippen LogP contribution in [-0.4, -0.2) is 22.1 Å². The summed E-state index contributed by atoms with van der Waals surface area (Å²) in [5, 5.41) is 10.9. The van der Waals surface area contributed by atoms with Gasteiger partial charge in [0.2, 0.25) is 5.91 Å². The van der Waals surface area contributed by atoms with Crippen molar-refractivity contribution in [3.63, 3.8) is 0 Å². The van der Waals surface area contributed by atoms with E-state index in [9.17, 15) is 9.90 Å². The standard InChI is InChI=1S/C8H9Cl2NO2/c1-5(12)11-7-4-6(9)2-3-8(7,10)13/h2-4,7,13H,1H3,(H,11,12). The average Bonchev–Trinajstić information content (AvgIpc) is 1.97. The Kier molecular flexibility index (Phi) is 3.01. The van der Waals surface area contributed by atoms with Crippen molar-refractivity contribution in [2.24, 2.45) is 0 Å². The Hall–Kier alpha value is -0.510. The van der Waals surface area contributed by atoms with Crippen molar-refractivity contribution in [2.45, 2.75) is 18.0 Å². The minimum Gasteiger partial charge on any atom is -0.369 e. The van der Waals surface area contributed by atoms with Gasteiger partial charge < -0.3 is 10.4 Å². The largest absolute Gasteiger partial charge is 0.369 e. The zero-order chi connectivity index (χ0) is 10.1. The molecule has 2 atom stereocenters. The molecule has 0 aliphatic heterocycles. The number of hydrogen-bond acceptors (Lipinski definition) is 2. The number of aliphatic hydroxyl groups is 1. The van der Waals surface area contributed by atoms with E-state index >= 15 is 0 Å². The van der Waals surface area contributed by atoms with Gasteiger partial charge >= 0.3 is 0 Å². The first-order chi connectivity index (χ1) is 5.92. The van der Waals surface area contributed by atoms with Gasteiger partial charge in [0.25, 0.3) is 0 Å². The molecule has 0 heterocycles. The molecular weight excluding hydrogens is 213 g/mol. The van der Waals surface area contributed by atoms with Gasteiger partial charge in [-0.3, -0.25) is 4.79 Å². The van der Waals surface area contributed by atoms with Crippen molar-refractivity contribution >= 4 is 29.1 Å². The van der Waals surface area contributed by atoms with Crippen molar-refractivity contribution in [1.82, 2.24) is 5.32 Å². The summed E-state index contributed by atoms with van der Waals surface area (Å²) in [5.41, 5.74) is 0. The Morgan fingerprint density at radius 1 is 1.77 bits per heavy atom. The van der Waals surface area contributed by atoms with Gasteiger partial charge in [0.1, 0.15) is 0 Å². The second-order valence-corrected chi connectivity index (χ2v) is 3.83.